The van der Waals surface area contributed by atoms with E-state index in [9.17, 15) is 0 Å². The molecule has 0 N–H and O–H groups in total. The minimum atomic E-state index is 0.331. The highest BCUT2D eigenvalue weighted by molar-refractivity contribution is 7.09. The molecule has 2 aromatic rings. The molecule has 5 heteroatoms. The van der Waals surface area contributed by atoms with Gasteiger partial charge in [0.2, 0.25) is 0 Å². The predicted molar refractivity (Wildman–Crippen MR) is 76.2 cm³/mol. The second-order valence-corrected chi connectivity index (χ2v) is 5.93. The van der Waals surface area contributed by atoms with Gasteiger partial charge in [0.1, 0.15) is 5.01 Å². The summed E-state index contributed by atoms with van der Waals surface area (Å²) in [5, 5.41) is 3.31. The standard InChI is InChI=1S/C14H19N3OS/c1-11-10-19-14(15-11)8-17-6-7-18-9-13(17)12-4-3-5-16(12)2/h3-5,10,13H,6-9H2,1-2H3. The van der Waals surface area contributed by atoms with E-state index in [0.29, 0.717) is 6.04 Å². The van der Waals surface area contributed by atoms with Crippen LogP contribution in [0.5, 0.6) is 0 Å². The van der Waals surface area contributed by atoms with Crippen molar-refractivity contribution in [3.63, 3.8) is 0 Å². The van der Waals surface area contributed by atoms with Crippen molar-refractivity contribution in [3.8, 4) is 0 Å². The SMILES string of the molecule is Cc1csc(CN2CCOCC2c2cccn2C)n1. The zero-order chi connectivity index (χ0) is 13.2. The second kappa shape index (κ2) is 5.45. The van der Waals surface area contributed by atoms with Crippen molar-refractivity contribution < 1.29 is 4.74 Å². The summed E-state index contributed by atoms with van der Waals surface area (Å²) >= 11 is 1.75. The van der Waals surface area contributed by atoms with Crippen molar-refractivity contribution in [1.82, 2.24) is 14.5 Å². The molecule has 0 saturated carbocycles. The summed E-state index contributed by atoms with van der Waals surface area (Å²) in [4.78, 5) is 7.04. The van der Waals surface area contributed by atoms with Crippen molar-refractivity contribution in [2.24, 2.45) is 7.05 Å². The number of hydrogen-bond donors (Lipinski definition) is 0. The van der Waals surface area contributed by atoms with Crippen LogP contribution >= 0.6 is 11.3 Å². The van der Waals surface area contributed by atoms with Crippen molar-refractivity contribution in [1.29, 1.82) is 0 Å². The summed E-state index contributed by atoms with van der Waals surface area (Å²) in [6, 6.07) is 4.60. The smallest absolute Gasteiger partial charge is 0.107 e. The van der Waals surface area contributed by atoms with E-state index in [1.165, 1.54) is 10.7 Å². The Labute approximate surface area is 117 Å². The maximum atomic E-state index is 5.66. The largest absolute Gasteiger partial charge is 0.378 e. The molecular weight excluding hydrogens is 258 g/mol. The maximum absolute atomic E-state index is 5.66. The van der Waals surface area contributed by atoms with E-state index in [2.05, 4.69) is 45.2 Å². The quantitative estimate of drug-likeness (QED) is 0.863. The summed E-state index contributed by atoms with van der Waals surface area (Å²) in [5.74, 6) is 0. The van der Waals surface area contributed by atoms with Crippen LogP contribution in [0, 0.1) is 6.92 Å². The van der Waals surface area contributed by atoms with Gasteiger partial charge < -0.3 is 9.30 Å². The fraction of sp³-hybridized carbons (Fsp3) is 0.500. The van der Waals surface area contributed by atoms with Crippen LogP contribution in [0.3, 0.4) is 0 Å². The highest BCUT2D eigenvalue weighted by atomic mass is 32.1. The fourth-order valence-corrected chi connectivity index (χ4v) is 3.37. The summed E-state index contributed by atoms with van der Waals surface area (Å²) in [6.07, 6.45) is 2.09. The van der Waals surface area contributed by atoms with Gasteiger partial charge in [0.25, 0.3) is 0 Å². The Bertz CT molecular complexity index is 548. The topological polar surface area (TPSA) is 30.3 Å². The van der Waals surface area contributed by atoms with Crippen LogP contribution in [0.25, 0.3) is 0 Å². The summed E-state index contributed by atoms with van der Waals surface area (Å²) in [5.41, 5.74) is 2.43. The Morgan fingerprint density at radius 3 is 3.11 bits per heavy atom. The molecule has 0 radical (unpaired) electrons. The van der Waals surface area contributed by atoms with Crippen LogP contribution in [-0.2, 0) is 18.3 Å². The van der Waals surface area contributed by atoms with Gasteiger partial charge in [-0.05, 0) is 19.1 Å². The molecule has 0 aliphatic carbocycles. The molecule has 4 nitrogen and oxygen atoms in total. The van der Waals surface area contributed by atoms with E-state index in [1.54, 1.807) is 11.3 Å². The molecular formula is C14H19N3OS. The molecule has 1 aliphatic rings. The zero-order valence-electron chi connectivity index (χ0n) is 11.4. The third kappa shape index (κ3) is 2.73. The summed E-state index contributed by atoms with van der Waals surface area (Å²) < 4.78 is 7.84. The average molecular weight is 277 g/mol. The number of aryl methyl sites for hydroxylation is 2. The number of rotatable bonds is 3. The van der Waals surface area contributed by atoms with E-state index >= 15 is 0 Å². The van der Waals surface area contributed by atoms with Crippen molar-refractivity contribution in [2.75, 3.05) is 19.8 Å². The van der Waals surface area contributed by atoms with Crippen molar-refractivity contribution >= 4 is 11.3 Å². The first kappa shape index (κ1) is 12.8. The molecule has 1 saturated heterocycles. The Morgan fingerprint density at radius 2 is 2.42 bits per heavy atom. The Morgan fingerprint density at radius 1 is 1.53 bits per heavy atom. The number of thiazole rings is 1. The molecule has 0 amide bonds. The third-order valence-corrected chi connectivity index (χ3v) is 4.52. The number of hydrogen-bond acceptors (Lipinski definition) is 4. The maximum Gasteiger partial charge on any atom is 0.107 e. The molecule has 0 spiro atoms. The zero-order valence-corrected chi connectivity index (χ0v) is 12.2. The van der Waals surface area contributed by atoms with Gasteiger partial charge in [-0.3, -0.25) is 4.90 Å². The summed E-state index contributed by atoms with van der Waals surface area (Å²) in [6.45, 7) is 5.51. The lowest BCUT2D eigenvalue weighted by atomic mass is 10.1. The van der Waals surface area contributed by atoms with E-state index in [1.807, 2.05) is 6.92 Å². The number of morpholine rings is 1. The summed E-state index contributed by atoms with van der Waals surface area (Å²) in [7, 11) is 2.09. The molecule has 0 bridgehead atoms. The minimum Gasteiger partial charge on any atom is -0.378 e. The normalized spacial score (nSPS) is 20.8. The second-order valence-electron chi connectivity index (χ2n) is 4.99. The molecule has 1 atom stereocenters. The minimum absolute atomic E-state index is 0.331. The lowest BCUT2D eigenvalue weighted by Crippen LogP contribution is -2.39. The molecule has 1 unspecified atom stereocenters. The lowest BCUT2D eigenvalue weighted by molar-refractivity contribution is -0.0152. The molecule has 0 aromatic carbocycles. The van der Waals surface area contributed by atoms with E-state index in [4.69, 9.17) is 4.74 Å². The van der Waals surface area contributed by atoms with Crippen LogP contribution in [0.1, 0.15) is 22.4 Å². The van der Waals surface area contributed by atoms with E-state index < -0.39 is 0 Å². The van der Waals surface area contributed by atoms with Crippen molar-refractivity contribution in [2.45, 2.75) is 19.5 Å². The van der Waals surface area contributed by atoms with Crippen LogP contribution in [0.15, 0.2) is 23.7 Å². The van der Waals surface area contributed by atoms with E-state index in [0.717, 1.165) is 32.0 Å². The highest BCUT2D eigenvalue weighted by Crippen LogP contribution is 2.26. The molecule has 1 fully saturated rings. The molecule has 102 valence electrons. The molecule has 19 heavy (non-hydrogen) atoms. The van der Waals surface area contributed by atoms with Gasteiger partial charge in [-0.2, -0.15) is 0 Å². The van der Waals surface area contributed by atoms with Crippen molar-refractivity contribution in [3.05, 3.63) is 40.1 Å². The van der Waals surface area contributed by atoms with Gasteiger partial charge in [0, 0.05) is 36.6 Å². The van der Waals surface area contributed by atoms with Crippen LogP contribution < -0.4 is 0 Å². The first-order valence-electron chi connectivity index (χ1n) is 6.58. The highest BCUT2D eigenvalue weighted by Gasteiger charge is 2.26. The number of aromatic nitrogens is 2. The van der Waals surface area contributed by atoms with Gasteiger partial charge in [0.05, 0.1) is 25.8 Å². The number of ether oxygens (including phenoxy) is 1. The molecule has 2 aromatic heterocycles. The first-order chi connectivity index (χ1) is 9.24. The molecule has 3 heterocycles. The van der Waals surface area contributed by atoms with Gasteiger partial charge in [-0.25, -0.2) is 4.98 Å². The van der Waals surface area contributed by atoms with Crippen LogP contribution in [-0.4, -0.2) is 34.2 Å². The van der Waals surface area contributed by atoms with Crippen LogP contribution in [0.2, 0.25) is 0 Å². The molecule has 3 rings (SSSR count). The Kier molecular flexibility index (Phi) is 3.68. The monoisotopic (exact) mass is 277 g/mol. The van der Waals surface area contributed by atoms with Crippen LogP contribution in [0.4, 0.5) is 0 Å². The first-order valence-corrected chi connectivity index (χ1v) is 7.46. The average Bonchev–Trinajstić information content (AvgIpc) is 2.99. The Hall–Kier alpha value is -1.17. The van der Waals surface area contributed by atoms with Gasteiger partial charge >= 0.3 is 0 Å². The third-order valence-electron chi connectivity index (χ3n) is 3.57. The molecule has 1 aliphatic heterocycles. The number of nitrogens with zero attached hydrogens (tertiary/aromatic N) is 3. The fourth-order valence-electron chi connectivity index (χ4n) is 2.57. The Balaban J connectivity index is 1.79. The van der Waals surface area contributed by atoms with Gasteiger partial charge in [-0.15, -0.1) is 11.3 Å². The van der Waals surface area contributed by atoms with Gasteiger partial charge in [0.15, 0.2) is 0 Å². The predicted octanol–water partition coefficient (Wildman–Crippen LogP) is 2.36. The van der Waals surface area contributed by atoms with E-state index in [-0.39, 0.29) is 0 Å². The van der Waals surface area contributed by atoms with Gasteiger partial charge in [-0.1, -0.05) is 0 Å². The lowest BCUT2D eigenvalue weighted by Gasteiger charge is -2.35.